The lowest BCUT2D eigenvalue weighted by atomic mass is 10.1. The molecule has 6 heteroatoms. The summed E-state index contributed by atoms with van der Waals surface area (Å²) in [6, 6.07) is 3.93. The second-order valence-corrected chi connectivity index (χ2v) is 4.01. The Labute approximate surface area is 106 Å². The molecule has 0 bridgehead atoms. The number of thiocarbonyl (C=S) groups is 1. The summed E-state index contributed by atoms with van der Waals surface area (Å²) in [5.41, 5.74) is 13.4. The molecule has 0 saturated carbocycles. The summed E-state index contributed by atoms with van der Waals surface area (Å²) in [4.78, 5) is 3.75. The normalized spacial score (nSPS) is 9.59. The first-order chi connectivity index (χ1) is 7.93. The van der Waals surface area contributed by atoms with Gasteiger partial charge in [0.2, 0.25) is 5.11 Å². The molecule has 0 spiro atoms. The fourth-order valence-corrected chi connectivity index (χ4v) is 1.71. The van der Waals surface area contributed by atoms with Gasteiger partial charge in [-0.3, -0.25) is 0 Å². The molecule has 0 radical (unpaired) electrons. The molecular formula is C11H16N4OS. The SMILES string of the molecule is COc1cc(C)cc(C)c1NC(=S)N=C(N)N. The van der Waals surface area contributed by atoms with E-state index in [1.54, 1.807) is 7.11 Å². The van der Waals surface area contributed by atoms with Gasteiger partial charge in [-0.15, -0.1) is 0 Å². The van der Waals surface area contributed by atoms with Crippen LogP contribution in [-0.4, -0.2) is 18.2 Å². The third-order valence-corrected chi connectivity index (χ3v) is 2.32. The van der Waals surface area contributed by atoms with E-state index in [-0.39, 0.29) is 11.1 Å². The van der Waals surface area contributed by atoms with Crippen molar-refractivity contribution in [3.8, 4) is 5.75 Å². The number of benzene rings is 1. The summed E-state index contributed by atoms with van der Waals surface area (Å²) >= 11 is 5.00. The van der Waals surface area contributed by atoms with Crippen LogP contribution in [0.4, 0.5) is 5.69 Å². The predicted molar refractivity (Wildman–Crippen MR) is 74.5 cm³/mol. The molecule has 5 N–H and O–H groups in total. The van der Waals surface area contributed by atoms with Crippen molar-refractivity contribution in [2.45, 2.75) is 13.8 Å². The number of ether oxygens (including phenoxy) is 1. The van der Waals surface area contributed by atoms with Crippen molar-refractivity contribution < 1.29 is 4.74 Å². The largest absolute Gasteiger partial charge is 0.495 e. The van der Waals surface area contributed by atoms with Gasteiger partial charge in [0.25, 0.3) is 0 Å². The van der Waals surface area contributed by atoms with E-state index < -0.39 is 0 Å². The van der Waals surface area contributed by atoms with Crippen molar-refractivity contribution in [2.24, 2.45) is 16.5 Å². The second-order valence-electron chi connectivity index (χ2n) is 3.63. The molecule has 0 aliphatic carbocycles. The zero-order valence-electron chi connectivity index (χ0n) is 10.1. The Bertz CT molecular complexity index is 467. The Morgan fingerprint density at radius 3 is 2.53 bits per heavy atom. The Balaban J connectivity index is 3.06. The lowest BCUT2D eigenvalue weighted by Gasteiger charge is -2.13. The Morgan fingerprint density at radius 1 is 1.35 bits per heavy atom. The summed E-state index contributed by atoms with van der Waals surface area (Å²) in [7, 11) is 1.60. The number of hydrogen-bond donors (Lipinski definition) is 3. The average molecular weight is 252 g/mol. The van der Waals surface area contributed by atoms with E-state index in [2.05, 4.69) is 10.3 Å². The summed E-state index contributed by atoms with van der Waals surface area (Å²) < 4.78 is 5.28. The van der Waals surface area contributed by atoms with E-state index >= 15 is 0 Å². The highest BCUT2D eigenvalue weighted by Gasteiger charge is 2.08. The molecular weight excluding hydrogens is 236 g/mol. The van der Waals surface area contributed by atoms with E-state index in [9.17, 15) is 0 Å². The van der Waals surface area contributed by atoms with Crippen LogP contribution in [0.2, 0.25) is 0 Å². The second kappa shape index (κ2) is 5.49. The van der Waals surface area contributed by atoms with Crippen LogP contribution in [-0.2, 0) is 0 Å². The first-order valence-corrected chi connectivity index (χ1v) is 5.40. The number of rotatable bonds is 2. The highest BCUT2D eigenvalue weighted by molar-refractivity contribution is 7.80. The highest BCUT2D eigenvalue weighted by atomic mass is 32.1. The molecule has 0 heterocycles. The molecule has 0 amide bonds. The fraction of sp³-hybridized carbons (Fsp3) is 0.273. The van der Waals surface area contributed by atoms with Crippen LogP contribution in [0.1, 0.15) is 11.1 Å². The highest BCUT2D eigenvalue weighted by Crippen LogP contribution is 2.29. The number of guanidine groups is 1. The van der Waals surface area contributed by atoms with Crippen LogP contribution >= 0.6 is 12.2 Å². The Morgan fingerprint density at radius 2 is 2.00 bits per heavy atom. The topological polar surface area (TPSA) is 85.7 Å². The molecule has 0 aliphatic heterocycles. The summed E-state index contributed by atoms with van der Waals surface area (Å²) in [5.74, 6) is 0.627. The molecule has 0 unspecified atom stereocenters. The van der Waals surface area contributed by atoms with Gasteiger partial charge in [-0.25, -0.2) is 0 Å². The minimum absolute atomic E-state index is 0.0776. The number of aliphatic imine (C=N–C) groups is 1. The van der Waals surface area contributed by atoms with Crippen LogP contribution < -0.4 is 21.5 Å². The molecule has 5 nitrogen and oxygen atoms in total. The van der Waals surface area contributed by atoms with Crippen molar-refractivity contribution >= 4 is 29.0 Å². The van der Waals surface area contributed by atoms with Gasteiger partial charge < -0.3 is 21.5 Å². The molecule has 0 aliphatic rings. The van der Waals surface area contributed by atoms with Crippen LogP contribution in [0.5, 0.6) is 5.75 Å². The predicted octanol–water partition coefficient (Wildman–Crippen LogP) is 1.28. The monoisotopic (exact) mass is 252 g/mol. The van der Waals surface area contributed by atoms with Gasteiger partial charge in [-0.1, -0.05) is 6.07 Å². The number of aryl methyl sites for hydroxylation is 2. The first kappa shape index (κ1) is 13.2. The smallest absolute Gasteiger partial charge is 0.200 e. The third-order valence-electron chi connectivity index (χ3n) is 2.13. The van der Waals surface area contributed by atoms with Crippen molar-refractivity contribution in [3.05, 3.63) is 23.3 Å². The third kappa shape index (κ3) is 3.60. The molecule has 0 saturated heterocycles. The number of anilines is 1. The van der Waals surface area contributed by atoms with Gasteiger partial charge in [0.05, 0.1) is 12.8 Å². The van der Waals surface area contributed by atoms with E-state index in [4.69, 9.17) is 28.4 Å². The van der Waals surface area contributed by atoms with E-state index in [1.807, 2.05) is 26.0 Å². The lowest BCUT2D eigenvalue weighted by molar-refractivity contribution is 0.416. The number of nitrogens with two attached hydrogens (primary N) is 2. The Kier molecular flexibility index (Phi) is 4.28. The van der Waals surface area contributed by atoms with Gasteiger partial charge in [-0.2, -0.15) is 4.99 Å². The summed E-state index contributed by atoms with van der Waals surface area (Å²) in [5, 5.41) is 3.15. The van der Waals surface area contributed by atoms with Gasteiger partial charge in [0.1, 0.15) is 5.75 Å². The fourth-order valence-electron chi connectivity index (χ4n) is 1.50. The van der Waals surface area contributed by atoms with Gasteiger partial charge in [0, 0.05) is 0 Å². The molecule has 92 valence electrons. The molecule has 1 rings (SSSR count). The van der Waals surface area contributed by atoms with Gasteiger partial charge >= 0.3 is 0 Å². The van der Waals surface area contributed by atoms with Crippen molar-refractivity contribution in [2.75, 3.05) is 12.4 Å². The maximum atomic E-state index is 5.28. The standard InChI is InChI=1S/C11H16N4OS/c1-6-4-7(2)9(8(5-6)16-3)14-11(17)15-10(12)13/h4-5H,1-3H3,(H5,12,13,14,15,17). The minimum Gasteiger partial charge on any atom is -0.495 e. The van der Waals surface area contributed by atoms with Crippen molar-refractivity contribution in [1.29, 1.82) is 0 Å². The average Bonchev–Trinajstić information content (AvgIpc) is 2.20. The summed E-state index contributed by atoms with van der Waals surface area (Å²) in [6.45, 7) is 3.95. The molecule has 0 atom stereocenters. The van der Waals surface area contributed by atoms with E-state index in [0.717, 1.165) is 16.8 Å². The number of methoxy groups -OCH3 is 1. The molecule has 17 heavy (non-hydrogen) atoms. The Hall–Kier alpha value is -1.82. The van der Waals surface area contributed by atoms with Crippen LogP contribution in [0.25, 0.3) is 0 Å². The van der Waals surface area contributed by atoms with Crippen LogP contribution in [0.3, 0.4) is 0 Å². The number of nitrogens with one attached hydrogen (secondary N) is 1. The van der Waals surface area contributed by atoms with Gasteiger partial charge in [-0.05, 0) is 43.3 Å². The lowest BCUT2D eigenvalue weighted by Crippen LogP contribution is -2.25. The van der Waals surface area contributed by atoms with Gasteiger partial charge in [0.15, 0.2) is 5.96 Å². The molecule has 1 aromatic carbocycles. The maximum absolute atomic E-state index is 5.28. The first-order valence-electron chi connectivity index (χ1n) is 5.00. The van der Waals surface area contributed by atoms with Crippen LogP contribution in [0, 0.1) is 13.8 Å². The zero-order valence-corrected chi connectivity index (χ0v) is 10.9. The zero-order chi connectivity index (χ0) is 13.0. The van der Waals surface area contributed by atoms with Crippen molar-refractivity contribution in [3.63, 3.8) is 0 Å². The summed E-state index contributed by atoms with van der Waals surface area (Å²) in [6.07, 6.45) is 0. The minimum atomic E-state index is -0.0776. The molecule has 1 aromatic rings. The quantitative estimate of drug-likeness (QED) is 0.419. The van der Waals surface area contributed by atoms with Crippen molar-refractivity contribution in [1.82, 2.24) is 0 Å². The maximum Gasteiger partial charge on any atom is 0.200 e. The van der Waals surface area contributed by atoms with E-state index in [1.165, 1.54) is 0 Å². The number of nitrogens with zero attached hydrogens (tertiary/aromatic N) is 1. The number of hydrogen-bond acceptors (Lipinski definition) is 2. The molecule has 0 fully saturated rings. The van der Waals surface area contributed by atoms with E-state index in [0.29, 0.717) is 5.75 Å². The van der Waals surface area contributed by atoms with Crippen LogP contribution in [0.15, 0.2) is 17.1 Å². The molecule has 0 aromatic heterocycles.